The van der Waals surface area contributed by atoms with E-state index < -0.39 is 0 Å². The zero-order valence-electron chi connectivity index (χ0n) is 11.3. The van der Waals surface area contributed by atoms with Crippen molar-refractivity contribution in [1.82, 2.24) is 0 Å². The van der Waals surface area contributed by atoms with Gasteiger partial charge in [0.15, 0.2) is 0 Å². The minimum atomic E-state index is 0.210. The standard InChI is InChI=1S/C15H23BrN2/c1-11(17)8-13-6-7-14(16)9-15(13)18(2)10-12-4-3-5-12/h6-7,9,11-12H,3-5,8,10,17H2,1-2H3. The molecule has 1 aromatic rings. The van der Waals surface area contributed by atoms with Gasteiger partial charge in [0.25, 0.3) is 0 Å². The number of hydrogen-bond acceptors (Lipinski definition) is 2. The van der Waals surface area contributed by atoms with Crippen LogP contribution in [-0.4, -0.2) is 19.6 Å². The summed E-state index contributed by atoms with van der Waals surface area (Å²) in [6.45, 7) is 3.24. The third-order valence-electron chi connectivity index (χ3n) is 3.76. The van der Waals surface area contributed by atoms with Crippen LogP contribution in [0.1, 0.15) is 31.7 Å². The lowest BCUT2D eigenvalue weighted by Gasteiger charge is -2.32. The van der Waals surface area contributed by atoms with E-state index in [1.165, 1.54) is 37.1 Å². The summed E-state index contributed by atoms with van der Waals surface area (Å²) >= 11 is 3.57. The molecule has 1 fully saturated rings. The molecule has 0 heterocycles. The van der Waals surface area contributed by atoms with E-state index in [0.717, 1.165) is 16.8 Å². The first kappa shape index (κ1) is 13.9. The van der Waals surface area contributed by atoms with Gasteiger partial charge in [-0.05, 0) is 49.8 Å². The smallest absolute Gasteiger partial charge is 0.0408 e. The summed E-state index contributed by atoms with van der Waals surface area (Å²) < 4.78 is 1.14. The van der Waals surface area contributed by atoms with Crippen molar-refractivity contribution < 1.29 is 0 Å². The molecular weight excluding hydrogens is 288 g/mol. The van der Waals surface area contributed by atoms with Crippen molar-refractivity contribution >= 4 is 21.6 Å². The average Bonchev–Trinajstić information content (AvgIpc) is 2.25. The summed E-state index contributed by atoms with van der Waals surface area (Å²) in [5, 5.41) is 0. The summed E-state index contributed by atoms with van der Waals surface area (Å²) in [5.74, 6) is 0.886. The van der Waals surface area contributed by atoms with Gasteiger partial charge in [-0.3, -0.25) is 0 Å². The molecule has 0 aromatic heterocycles. The number of anilines is 1. The lowest BCUT2D eigenvalue weighted by molar-refractivity contribution is 0.321. The van der Waals surface area contributed by atoms with Crippen molar-refractivity contribution in [2.45, 2.75) is 38.6 Å². The monoisotopic (exact) mass is 310 g/mol. The van der Waals surface area contributed by atoms with Gasteiger partial charge in [-0.15, -0.1) is 0 Å². The van der Waals surface area contributed by atoms with Crippen molar-refractivity contribution in [1.29, 1.82) is 0 Å². The second kappa shape index (κ2) is 6.07. The van der Waals surface area contributed by atoms with Gasteiger partial charge in [0.05, 0.1) is 0 Å². The maximum atomic E-state index is 5.94. The highest BCUT2D eigenvalue weighted by Gasteiger charge is 2.20. The van der Waals surface area contributed by atoms with Gasteiger partial charge in [0.2, 0.25) is 0 Å². The van der Waals surface area contributed by atoms with Crippen LogP contribution in [0.5, 0.6) is 0 Å². The van der Waals surface area contributed by atoms with Gasteiger partial charge < -0.3 is 10.6 Å². The van der Waals surface area contributed by atoms with Gasteiger partial charge in [0.1, 0.15) is 0 Å². The molecule has 18 heavy (non-hydrogen) atoms. The number of hydrogen-bond donors (Lipinski definition) is 1. The predicted molar refractivity (Wildman–Crippen MR) is 82.1 cm³/mol. The van der Waals surface area contributed by atoms with E-state index in [1.807, 2.05) is 0 Å². The zero-order valence-corrected chi connectivity index (χ0v) is 12.9. The molecule has 0 radical (unpaired) electrons. The van der Waals surface area contributed by atoms with E-state index in [4.69, 9.17) is 5.73 Å². The first-order valence-corrected chi connectivity index (χ1v) is 7.60. The highest BCUT2D eigenvalue weighted by Crippen LogP contribution is 2.31. The van der Waals surface area contributed by atoms with Crippen LogP contribution in [0.25, 0.3) is 0 Å². The lowest BCUT2D eigenvalue weighted by Crippen LogP contribution is -2.30. The van der Waals surface area contributed by atoms with E-state index in [9.17, 15) is 0 Å². The number of rotatable bonds is 5. The Morgan fingerprint density at radius 2 is 2.17 bits per heavy atom. The molecule has 0 aliphatic heterocycles. The molecule has 3 heteroatoms. The van der Waals surface area contributed by atoms with E-state index in [1.54, 1.807) is 0 Å². The zero-order chi connectivity index (χ0) is 13.1. The van der Waals surface area contributed by atoms with Gasteiger partial charge in [-0.1, -0.05) is 28.4 Å². The molecule has 0 saturated heterocycles. The van der Waals surface area contributed by atoms with E-state index in [2.05, 4.69) is 53.0 Å². The summed E-state index contributed by atoms with van der Waals surface area (Å²) in [5.41, 5.74) is 8.62. The molecule has 0 amide bonds. The molecular formula is C15H23BrN2. The maximum Gasteiger partial charge on any atom is 0.0408 e. The van der Waals surface area contributed by atoms with Crippen LogP contribution in [0.3, 0.4) is 0 Å². The first-order chi connectivity index (χ1) is 8.56. The Kier molecular flexibility index (Phi) is 4.68. The molecule has 1 aromatic carbocycles. The van der Waals surface area contributed by atoms with Gasteiger partial charge in [-0.2, -0.15) is 0 Å². The lowest BCUT2D eigenvalue weighted by atomic mass is 9.85. The molecule has 100 valence electrons. The Bertz CT molecular complexity index is 399. The van der Waals surface area contributed by atoms with Crippen molar-refractivity contribution in [2.24, 2.45) is 11.7 Å². The summed E-state index contributed by atoms with van der Waals surface area (Å²) in [6.07, 6.45) is 5.13. The molecule has 0 spiro atoms. The minimum absolute atomic E-state index is 0.210. The fraction of sp³-hybridized carbons (Fsp3) is 0.600. The molecule has 2 N–H and O–H groups in total. The van der Waals surface area contributed by atoms with Crippen molar-refractivity contribution in [3.8, 4) is 0 Å². The molecule has 2 rings (SSSR count). The van der Waals surface area contributed by atoms with E-state index >= 15 is 0 Å². The Labute approximate surface area is 119 Å². The molecule has 1 aliphatic carbocycles. The molecule has 0 bridgehead atoms. The van der Waals surface area contributed by atoms with Crippen LogP contribution in [0.2, 0.25) is 0 Å². The van der Waals surface area contributed by atoms with Crippen LogP contribution < -0.4 is 10.6 Å². The van der Waals surface area contributed by atoms with Crippen LogP contribution in [0.15, 0.2) is 22.7 Å². The van der Waals surface area contributed by atoms with Gasteiger partial charge >= 0.3 is 0 Å². The SMILES string of the molecule is CC(N)Cc1ccc(Br)cc1N(C)CC1CCC1. The van der Waals surface area contributed by atoms with Gasteiger partial charge in [-0.25, -0.2) is 0 Å². The summed E-state index contributed by atoms with van der Waals surface area (Å²) in [7, 11) is 2.20. The Morgan fingerprint density at radius 1 is 1.44 bits per heavy atom. The van der Waals surface area contributed by atoms with Crippen LogP contribution in [0, 0.1) is 5.92 Å². The third kappa shape index (κ3) is 3.48. The topological polar surface area (TPSA) is 29.3 Å². The average molecular weight is 311 g/mol. The third-order valence-corrected chi connectivity index (χ3v) is 4.25. The molecule has 2 nitrogen and oxygen atoms in total. The van der Waals surface area contributed by atoms with Crippen molar-refractivity contribution in [3.05, 3.63) is 28.2 Å². The molecule has 1 unspecified atom stereocenters. The van der Waals surface area contributed by atoms with Crippen LogP contribution in [-0.2, 0) is 6.42 Å². The fourth-order valence-corrected chi connectivity index (χ4v) is 2.92. The number of halogens is 1. The van der Waals surface area contributed by atoms with E-state index in [0.29, 0.717) is 0 Å². The van der Waals surface area contributed by atoms with Crippen molar-refractivity contribution in [3.63, 3.8) is 0 Å². The highest BCUT2D eigenvalue weighted by molar-refractivity contribution is 9.10. The summed E-state index contributed by atoms with van der Waals surface area (Å²) in [4.78, 5) is 2.40. The largest absolute Gasteiger partial charge is 0.374 e. The quantitative estimate of drug-likeness (QED) is 0.900. The second-order valence-corrected chi connectivity index (χ2v) is 6.55. The highest BCUT2D eigenvalue weighted by atomic mass is 79.9. The molecule has 1 saturated carbocycles. The summed E-state index contributed by atoms with van der Waals surface area (Å²) in [6, 6.07) is 6.73. The van der Waals surface area contributed by atoms with Crippen molar-refractivity contribution in [2.75, 3.05) is 18.5 Å². The second-order valence-electron chi connectivity index (χ2n) is 5.63. The van der Waals surface area contributed by atoms with E-state index in [-0.39, 0.29) is 6.04 Å². The Hall–Kier alpha value is -0.540. The van der Waals surface area contributed by atoms with Crippen LogP contribution in [0.4, 0.5) is 5.69 Å². The number of benzene rings is 1. The molecule has 1 aliphatic rings. The Morgan fingerprint density at radius 3 is 2.72 bits per heavy atom. The predicted octanol–water partition coefficient (Wildman–Crippen LogP) is 3.58. The van der Waals surface area contributed by atoms with Gasteiger partial charge in [0, 0.05) is 29.8 Å². The minimum Gasteiger partial charge on any atom is -0.374 e. The molecule has 1 atom stereocenters. The Balaban J connectivity index is 2.14. The first-order valence-electron chi connectivity index (χ1n) is 6.81. The normalized spacial score (nSPS) is 17.3. The fourth-order valence-electron chi connectivity index (χ4n) is 2.57. The maximum absolute atomic E-state index is 5.94. The number of nitrogens with two attached hydrogens (primary N) is 1. The number of nitrogens with zero attached hydrogens (tertiary/aromatic N) is 1. The van der Waals surface area contributed by atoms with Crippen LogP contribution >= 0.6 is 15.9 Å².